The molecular weight excluding hydrogens is 244 g/mol. The van der Waals surface area contributed by atoms with Gasteiger partial charge in [0.1, 0.15) is 16.2 Å². The van der Waals surface area contributed by atoms with Crippen molar-refractivity contribution in [2.75, 3.05) is 19.5 Å². The van der Waals surface area contributed by atoms with E-state index in [1.54, 1.807) is 0 Å². The highest BCUT2D eigenvalue weighted by molar-refractivity contribution is 9.10. The highest BCUT2D eigenvalue weighted by Crippen LogP contribution is 2.13. The number of aromatic nitrogens is 2. The van der Waals surface area contributed by atoms with Gasteiger partial charge in [0.2, 0.25) is 0 Å². The van der Waals surface area contributed by atoms with Crippen molar-refractivity contribution in [2.45, 2.75) is 19.8 Å². The predicted molar refractivity (Wildman–Crippen MR) is 61.0 cm³/mol. The monoisotopic (exact) mass is 258 g/mol. The summed E-state index contributed by atoms with van der Waals surface area (Å²) in [7, 11) is 3.85. The van der Waals surface area contributed by atoms with Crippen LogP contribution >= 0.6 is 15.9 Å². The Morgan fingerprint density at radius 2 is 2.14 bits per heavy atom. The fraction of sp³-hybridized carbons (Fsp3) is 0.556. The summed E-state index contributed by atoms with van der Waals surface area (Å²) in [5, 5.41) is 1.85. The average Bonchev–Trinajstić information content (AvgIpc) is 2.01. The first-order chi connectivity index (χ1) is 6.61. The number of hydrogen-bond donors (Lipinski definition) is 1. The molecule has 0 spiro atoms. The molecule has 5 heteroatoms. The Labute approximate surface area is 92.8 Å². The molecule has 0 saturated heterocycles. The van der Waals surface area contributed by atoms with Crippen LogP contribution in [0.1, 0.15) is 19.2 Å². The zero-order chi connectivity index (χ0) is 10.6. The Morgan fingerprint density at radius 1 is 1.43 bits per heavy atom. The van der Waals surface area contributed by atoms with E-state index in [-0.39, 0.29) is 0 Å². The van der Waals surface area contributed by atoms with E-state index in [4.69, 9.17) is 0 Å². The molecule has 0 aliphatic heterocycles. The SMILES string of the molecule is CCCc1nc(Br)cc(NN(C)C)n1. The number of nitrogens with zero attached hydrogens (tertiary/aromatic N) is 3. The van der Waals surface area contributed by atoms with Gasteiger partial charge in [-0.15, -0.1) is 0 Å². The van der Waals surface area contributed by atoms with Crippen LogP contribution in [-0.4, -0.2) is 29.1 Å². The summed E-state index contributed by atoms with van der Waals surface area (Å²) >= 11 is 3.36. The smallest absolute Gasteiger partial charge is 0.145 e. The van der Waals surface area contributed by atoms with Crippen LogP contribution in [0.4, 0.5) is 5.82 Å². The minimum absolute atomic E-state index is 0.820. The van der Waals surface area contributed by atoms with Crippen molar-refractivity contribution in [3.8, 4) is 0 Å². The second-order valence-corrected chi connectivity index (χ2v) is 4.06. The fourth-order valence-corrected chi connectivity index (χ4v) is 1.51. The fourth-order valence-electron chi connectivity index (χ4n) is 1.09. The maximum Gasteiger partial charge on any atom is 0.145 e. The van der Waals surface area contributed by atoms with Gasteiger partial charge in [0.15, 0.2) is 0 Å². The van der Waals surface area contributed by atoms with Crippen molar-refractivity contribution in [1.29, 1.82) is 0 Å². The van der Waals surface area contributed by atoms with Crippen LogP contribution < -0.4 is 5.43 Å². The number of halogens is 1. The molecule has 0 atom stereocenters. The van der Waals surface area contributed by atoms with Crippen LogP contribution in [0.3, 0.4) is 0 Å². The minimum Gasteiger partial charge on any atom is -0.303 e. The molecule has 1 N–H and O–H groups in total. The number of hydrazine groups is 1. The van der Waals surface area contributed by atoms with E-state index in [0.29, 0.717) is 0 Å². The lowest BCUT2D eigenvalue weighted by Gasteiger charge is -2.13. The Kier molecular flexibility index (Phi) is 4.28. The molecule has 0 aliphatic carbocycles. The molecule has 0 aliphatic rings. The molecule has 0 radical (unpaired) electrons. The summed E-state index contributed by atoms with van der Waals surface area (Å²) in [6, 6.07) is 1.86. The van der Waals surface area contributed by atoms with Crippen molar-refractivity contribution in [3.05, 3.63) is 16.5 Å². The summed E-state index contributed by atoms with van der Waals surface area (Å²) in [4.78, 5) is 8.65. The van der Waals surface area contributed by atoms with Gasteiger partial charge < -0.3 is 5.43 Å². The summed E-state index contributed by atoms with van der Waals surface area (Å²) in [5.41, 5.74) is 3.10. The van der Waals surface area contributed by atoms with Gasteiger partial charge >= 0.3 is 0 Å². The first-order valence-electron chi connectivity index (χ1n) is 4.59. The molecule has 4 nitrogen and oxygen atoms in total. The third-order valence-electron chi connectivity index (χ3n) is 1.55. The normalized spacial score (nSPS) is 10.6. The van der Waals surface area contributed by atoms with Gasteiger partial charge in [-0.05, 0) is 22.4 Å². The van der Waals surface area contributed by atoms with Crippen LogP contribution in [0.25, 0.3) is 0 Å². The Balaban J connectivity index is 2.83. The zero-order valence-electron chi connectivity index (χ0n) is 8.71. The van der Waals surface area contributed by atoms with Gasteiger partial charge in [0.25, 0.3) is 0 Å². The first-order valence-corrected chi connectivity index (χ1v) is 5.38. The van der Waals surface area contributed by atoms with Crippen LogP contribution in [0, 0.1) is 0 Å². The first kappa shape index (κ1) is 11.4. The number of rotatable bonds is 4. The van der Waals surface area contributed by atoms with E-state index < -0.39 is 0 Å². The standard InChI is InChI=1S/C9H15BrN4/c1-4-5-8-11-7(10)6-9(12-8)13-14(2)3/h6H,4-5H2,1-3H3,(H,11,12,13). The molecule has 1 rings (SSSR count). The van der Waals surface area contributed by atoms with Gasteiger partial charge in [-0.1, -0.05) is 6.92 Å². The Morgan fingerprint density at radius 3 is 2.71 bits per heavy atom. The molecule has 1 heterocycles. The van der Waals surface area contributed by atoms with Crippen molar-refractivity contribution in [3.63, 3.8) is 0 Å². The number of nitrogens with one attached hydrogen (secondary N) is 1. The molecule has 1 aromatic heterocycles. The van der Waals surface area contributed by atoms with Gasteiger partial charge in [-0.2, -0.15) is 0 Å². The molecule has 78 valence electrons. The molecule has 1 aromatic rings. The van der Waals surface area contributed by atoms with Gasteiger partial charge in [-0.25, -0.2) is 15.0 Å². The quantitative estimate of drug-likeness (QED) is 0.664. The van der Waals surface area contributed by atoms with Crippen molar-refractivity contribution in [1.82, 2.24) is 15.0 Å². The Hall–Kier alpha value is -0.680. The second-order valence-electron chi connectivity index (χ2n) is 3.25. The zero-order valence-corrected chi connectivity index (χ0v) is 10.3. The van der Waals surface area contributed by atoms with Crippen LogP contribution in [0.2, 0.25) is 0 Å². The third kappa shape index (κ3) is 3.59. The maximum absolute atomic E-state index is 4.37. The van der Waals surface area contributed by atoms with E-state index in [1.807, 2.05) is 25.2 Å². The lowest BCUT2D eigenvalue weighted by Crippen LogP contribution is -2.20. The summed E-state index contributed by atoms with van der Waals surface area (Å²) in [5.74, 6) is 1.69. The predicted octanol–water partition coefficient (Wildman–Crippen LogP) is 2.08. The van der Waals surface area contributed by atoms with Gasteiger partial charge in [-0.3, -0.25) is 0 Å². The summed E-state index contributed by atoms with van der Waals surface area (Å²) < 4.78 is 0.820. The topological polar surface area (TPSA) is 41.1 Å². The minimum atomic E-state index is 0.820. The van der Waals surface area contributed by atoms with E-state index in [1.165, 1.54) is 0 Å². The largest absolute Gasteiger partial charge is 0.303 e. The Bertz CT molecular complexity index is 301. The van der Waals surface area contributed by atoms with E-state index in [9.17, 15) is 0 Å². The number of hydrogen-bond acceptors (Lipinski definition) is 4. The van der Waals surface area contributed by atoms with E-state index >= 15 is 0 Å². The van der Waals surface area contributed by atoms with E-state index in [2.05, 4.69) is 38.2 Å². The summed E-state index contributed by atoms with van der Waals surface area (Å²) in [6.45, 7) is 2.11. The molecule has 0 amide bonds. The van der Waals surface area contributed by atoms with Crippen molar-refractivity contribution >= 4 is 21.7 Å². The lowest BCUT2D eigenvalue weighted by atomic mass is 10.3. The molecular formula is C9H15BrN4. The van der Waals surface area contributed by atoms with Crippen LogP contribution in [0.15, 0.2) is 10.7 Å². The molecule has 14 heavy (non-hydrogen) atoms. The highest BCUT2D eigenvalue weighted by atomic mass is 79.9. The van der Waals surface area contributed by atoms with Crippen molar-refractivity contribution in [2.24, 2.45) is 0 Å². The molecule has 0 fully saturated rings. The highest BCUT2D eigenvalue weighted by Gasteiger charge is 2.02. The van der Waals surface area contributed by atoms with Gasteiger partial charge in [0.05, 0.1) is 0 Å². The lowest BCUT2D eigenvalue weighted by molar-refractivity contribution is 0.491. The maximum atomic E-state index is 4.37. The summed E-state index contributed by atoms with van der Waals surface area (Å²) in [6.07, 6.45) is 1.96. The third-order valence-corrected chi connectivity index (χ3v) is 1.96. The van der Waals surface area contributed by atoms with Crippen molar-refractivity contribution < 1.29 is 0 Å². The average molecular weight is 259 g/mol. The molecule has 0 aromatic carbocycles. The van der Waals surface area contributed by atoms with Crippen LogP contribution in [-0.2, 0) is 6.42 Å². The molecule has 0 bridgehead atoms. The van der Waals surface area contributed by atoms with E-state index in [0.717, 1.165) is 29.1 Å². The second kappa shape index (κ2) is 5.26. The van der Waals surface area contributed by atoms with Gasteiger partial charge in [0, 0.05) is 26.6 Å². The number of aryl methyl sites for hydroxylation is 1. The molecule has 0 saturated carbocycles. The van der Waals surface area contributed by atoms with Crippen LogP contribution in [0.5, 0.6) is 0 Å². The number of anilines is 1. The molecule has 0 unspecified atom stereocenters.